The standard InChI is InChI=1S/C24H23F2IN4O4S/c1-13-10-15(27)7-8-17(13)31-21-18(24(28)32)22(35-12-14-5-6-14)23(20(26)19(21)25)36(33,34)30-11-16-4-2-3-9-29-16/h2-4,7-10,14,30-31H,5-6,11-12H2,1H3,(H2,28,32). The van der Waals surface area contributed by atoms with Crippen molar-refractivity contribution in [3.8, 4) is 5.75 Å². The Kier molecular flexibility index (Phi) is 7.76. The summed E-state index contributed by atoms with van der Waals surface area (Å²) in [6.45, 7) is 1.48. The van der Waals surface area contributed by atoms with E-state index in [-0.39, 0.29) is 19.1 Å². The number of sulfonamides is 1. The largest absolute Gasteiger partial charge is 0.491 e. The van der Waals surface area contributed by atoms with Gasteiger partial charge in [0.15, 0.2) is 22.3 Å². The van der Waals surface area contributed by atoms with Crippen molar-refractivity contribution >= 4 is 49.9 Å². The van der Waals surface area contributed by atoms with Crippen LogP contribution in [-0.2, 0) is 16.6 Å². The van der Waals surface area contributed by atoms with Crippen LogP contribution in [0.4, 0.5) is 20.2 Å². The molecule has 0 radical (unpaired) electrons. The van der Waals surface area contributed by atoms with E-state index in [4.69, 9.17) is 10.5 Å². The van der Waals surface area contributed by atoms with E-state index in [0.29, 0.717) is 16.9 Å². The predicted octanol–water partition coefficient (Wildman–Crippen LogP) is 4.38. The zero-order chi connectivity index (χ0) is 26.0. The third-order valence-corrected chi connectivity index (χ3v) is 7.69. The molecule has 0 unspecified atom stereocenters. The van der Waals surface area contributed by atoms with E-state index in [9.17, 15) is 13.2 Å². The van der Waals surface area contributed by atoms with Gasteiger partial charge in [0.05, 0.1) is 24.5 Å². The summed E-state index contributed by atoms with van der Waals surface area (Å²) in [7, 11) is -4.70. The maximum Gasteiger partial charge on any atom is 0.254 e. The highest BCUT2D eigenvalue weighted by molar-refractivity contribution is 14.1. The fraction of sp³-hybridized carbons (Fsp3) is 0.250. The molecule has 4 rings (SSSR count). The molecule has 4 N–H and O–H groups in total. The minimum atomic E-state index is -4.70. The van der Waals surface area contributed by atoms with Crippen LogP contribution in [0.5, 0.6) is 5.75 Å². The second kappa shape index (κ2) is 10.6. The van der Waals surface area contributed by atoms with E-state index in [1.54, 1.807) is 43.3 Å². The van der Waals surface area contributed by atoms with Gasteiger partial charge < -0.3 is 15.8 Å². The number of hydrogen-bond donors (Lipinski definition) is 3. The Morgan fingerprint density at radius 3 is 2.58 bits per heavy atom. The van der Waals surface area contributed by atoms with Crippen LogP contribution >= 0.6 is 22.6 Å². The van der Waals surface area contributed by atoms with Crippen LogP contribution in [-0.4, -0.2) is 25.9 Å². The normalized spacial score (nSPS) is 13.4. The first-order chi connectivity index (χ1) is 17.1. The number of carbonyl (C=O) groups is 1. The van der Waals surface area contributed by atoms with Crippen molar-refractivity contribution in [1.82, 2.24) is 9.71 Å². The van der Waals surface area contributed by atoms with Gasteiger partial charge in [-0.1, -0.05) is 6.07 Å². The molecule has 0 saturated heterocycles. The highest BCUT2D eigenvalue weighted by atomic mass is 127. The van der Waals surface area contributed by atoms with Gasteiger partial charge in [-0.3, -0.25) is 9.78 Å². The molecule has 190 valence electrons. The van der Waals surface area contributed by atoms with E-state index in [2.05, 4.69) is 37.6 Å². The van der Waals surface area contributed by atoms with Crippen molar-refractivity contribution in [1.29, 1.82) is 0 Å². The van der Waals surface area contributed by atoms with Crippen molar-refractivity contribution in [3.63, 3.8) is 0 Å². The molecule has 1 aliphatic carbocycles. The number of anilines is 2. The minimum Gasteiger partial charge on any atom is -0.491 e. The number of aromatic nitrogens is 1. The van der Waals surface area contributed by atoms with Crippen LogP contribution in [0, 0.1) is 28.0 Å². The number of hydrogen-bond acceptors (Lipinski definition) is 6. The average Bonchev–Trinajstić information content (AvgIpc) is 3.66. The second-order valence-corrected chi connectivity index (χ2v) is 11.3. The Morgan fingerprint density at radius 1 is 1.22 bits per heavy atom. The molecule has 0 atom stereocenters. The van der Waals surface area contributed by atoms with Crippen molar-refractivity contribution in [2.45, 2.75) is 31.2 Å². The summed E-state index contributed by atoms with van der Waals surface area (Å²) >= 11 is 2.10. The first kappa shape index (κ1) is 26.2. The molecule has 0 spiro atoms. The number of nitrogens with one attached hydrogen (secondary N) is 2. The van der Waals surface area contributed by atoms with Crippen molar-refractivity contribution < 1.29 is 26.7 Å². The molecule has 1 saturated carbocycles. The molecule has 1 aliphatic rings. The van der Waals surface area contributed by atoms with Crippen LogP contribution in [0.25, 0.3) is 0 Å². The number of pyridine rings is 1. The zero-order valence-electron chi connectivity index (χ0n) is 19.1. The number of nitrogens with two attached hydrogens (primary N) is 1. The Morgan fingerprint density at radius 2 is 1.97 bits per heavy atom. The molecule has 0 bridgehead atoms. The molecule has 3 aromatic rings. The van der Waals surface area contributed by atoms with Crippen LogP contribution in [0.15, 0.2) is 47.5 Å². The van der Waals surface area contributed by atoms with Gasteiger partial charge in [-0.05, 0) is 84.2 Å². The SMILES string of the molecule is Cc1cc(I)ccc1Nc1c(F)c(F)c(S(=O)(=O)NCc2ccccn2)c(OCC2CC2)c1C(N)=O. The van der Waals surface area contributed by atoms with Gasteiger partial charge in [0.2, 0.25) is 10.0 Å². The highest BCUT2D eigenvalue weighted by Crippen LogP contribution is 2.41. The molecule has 8 nitrogen and oxygen atoms in total. The van der Waals surface area contributed by atoms with Gasteiger partial charge in [-0.15, -0.1) is 0 Å². The zero-order valence-corrected chi connectivity index (χ0v) is 22.1. The minimum absolute atomic E-state index is 0.0239. The number of rotatable bonds is 10. The van der Waals surface area contributed by atoms with Crippen LogP contribution in [0.1, 0.15) is 34.5 Å². The van der Waals surface area contributed by atoms with Gasteiger partial charge in [-0.25, -0.2) is 21.9 Å². The fourth-order valence-electron chi connectivity index (χ4n) is 3.51. The average molecular weight is 628 g/mol. The van der Waals surface area contributed by atoms with Crippen LogP contribution in [0.3, 0.4) is 0 Å². The second-order valence-electron chi connectivity index (χ2n) is 8.38. The fourth-order valence-corrected chi connectivity index (χ4v) is 5.37. The summed E-state index contributed by atoms with van der Waals surface area (Å²) < 4.78 is 66.1. The van der Waals surface area contributed by atoms with Crippen LogP contribution < -0.4 is 20.5 Å². The van der Waals surface area contributed by atoms with Gasteiger partial charge in [-0.2, -0.15) is 0 Å². The predicted molar refractivity (Wildman–Crippen MR) is 139 cm³/mol. The first-order valence-electron chi connectivity index (χ1n) is 11.0. The monoisotopic (exact) mass is 628 g/mol. The lowest BCUT2D eigenvalue weighted by atomic mass is 10.1. The summed E-state index contributed by atoms with van der Waals surface area (Å²) in [5.41, 5.74) is 5.81. The molecular formula is C24H23F2IN4O4S. The quantitative estimate of drug-likeness (QED) is 0.287. The molecule has 2 aromatic carbocycles. The molecule has 1 aromatic heterocycles. The summed E-state index contributed by atoms with van der Waals surface area (Å²) in [4.78, 5) is 15.4. The molecule has 1 amide bonds. The topological polar surface area (TPSA) is 123 Å². The first-order valence-corrected chi connectivity index (χ1v) is 13.5. The molecule has 12 heteroatoms. The summed E-state index contributed by atoms with van der Waals surface area (Å²) in [6, 6.07) is 10.0. The van der Waals surface area contributed by atoms with Crippen LogP contribution in [0.2, 0.25) is 0 Å². The maximum absolute atomic E-state index is 15.5. The Bertz CT molecular complexity index is 1420. The molecule has 1 fully saturated rings. The van der Waals surface area contributed by atoms with Gasteiger partial charge >= 0.3 is 0 Å². The number of benzene rings is 2. The molecule has 36 heavy (non-hydrogen) atoms. The van der Waals surface area contributed by atoms with Crippen molar-refractivity contribution in [2.75, 3.05) is 11.9 Å². The van der Waals surface area contributed by atoms with E-state index in [1.807, 2.05) is 0 Å². The highest BCUT2D eigenvalue weighted by Gasteiger charge is 2.36. The number of aryl methyl sites for hydroxylation is 1. The number of primary amides is 1. The Balaban J connectivity index is 1.85. The van der Waals surface area contributed by atoms with E-state index >= 15 is 8.78 Å². The van der Waals surface area contributed by atoms with E-state index in [0.717, 1.165) is 16.4 Å². The number of amides is 1. The number of carbonyl (C=O) groups excluding carboxylic acids is 1. The van der Waals surface area contributed by atoms with Gasteiger partial charge in [0.25, 0.3) is 5.91 Å². The molecule has 0 aliphatic heterocycles. The maximum atomic E-state index is 15.5. The van der Waals surface area contributed by atoms with Gasteiger partial charge in [0.1, 0.15) is 5.56 Å². The van der Waals surface area contributed by atoms with Crippen molar-refractivity contribution in [2.24, 2.45) is 11.7 Å². The summed E-state index contributed by atoms with van der Waals surface area (Å²) in [5, 5.41) is 2.71. The third-order valence-electron chi connectivity index (χ3n) is 5.59. The summed E-state index contributed by atoms with van der Waals surface area (Å²) in [5.74, 6) is -4.95. The van der Waals surface area contributed by atoms with E-state index in [1.165, 1.54) is 6.20 Å². The van der Waals surface area contributed by atoms with Gasteiger partial charge in [0, 0.05) is 15.5 Å². The number of nitrogens with zero attached hydrogens (tertiary/aromatic N) is 1. The lowest BCUT2D eigenvalue weighted by molar-refractivity contribution is 0.0995. The Hall–Kier alpha value is -2.84. The number of ether oxygens (including phenoxy) is 1. The van der Waals surface area contributed by atoms with E-state index < -0.39 is 49.5 Å². The number of halogens is 3. The molecular weight excluding hydrogens is 605 g/mol. The smallest absolute Gasteiger partial charge is 0.254 e. The summed E-state index contributed by atoms with van der Waals surface area (Å²) in [6.07, 6.45) is 3.14. The Labute approximate surface area is 220 Å². The van der Waals surface area contributed by atoms with Crippen molar-refractivity contribution in [3.05, 3.63) is 74.6 Å². The molecule has 1 heterocycles. The lowest BCUT2D eigenvalue weighted by Crippen LogP contribution is -2.28. The third kappa shape index (κ3) is 5.76. The lowest BCUT2D eigenvalue weighted by Gasteiger charge is -2.21.